The van der Waals surface area contributed by atoms with E-state index in [1.54, 1.807) is 0 Å². The van der Waals surface area contributed by atoms with Gasteiger partial charge in [-0.05, 0) is 35.6 Å². The molecule has 0 spiro atoms. The molecule has 0 N–H and O–H groups in total. The molecule has 0 bridgehead atoms. The normalized spacial score (nSPS) is 10.6. The largest absolute Gasteiger partial charge is 0.293 e. The number of rotatable bonds is 5. The van der Waals surface area contributed by atoms with E-state index in [9.17, 15) is 4.79 Å². The zero-order valence-corrected chi connectivity index (χ0v) is 12.4. The van der Waals surface area contributed by atoms with Crippen molar-refractivity contribution in [3.63, 3.8) is 0 Å². The zero-order valence-electron chi connectivity index (χ0n) is 10.0. The summed E-state index contributed by atoms with van der Waals surface area (Å²) >= 11 is 4.61. The molecule has 0 fully saturated rings. The number of aryl methyl sites for hydroxylation is 1. The van der Waals surface area contributed by atoms with Crippen LogP contribution in [0.3, 0.4) is 0 Å². The number of ketones is 1. The van der Waals surface area contributed by atoms with Crippen LogP contribution in [-0.4, -0.2) is 15.4 Å². The molecule has 2 aromatic rings. The highest BCUT2D eigenvalue weighted by molar-refractivity contribution is 9.10. The lowest BCUT2D eigenvalue weighted by Crippen LogP contribution is -2.04. The highest BCUT2D eigenvalue weighted by Gasteiger charge is 2.15. The maximum absolute atomic E-state index is 12.2. The standard InChI is InChI=1S/C13H13BrN2OS/c1-2-4-11-13(18-16-15-11)12(17)8-9-5-3-6-10(14)7-9/h3,5-7H,2,4,8H2,1H3. The molecule has 1 aromatic heterocycles. The maximum atomic E-state index is 12.2. The Morgan fingerprint density at radius 1 is 1.44 bits per heavy atom. The van der Waals surface area contributed by atoms with Gasteiger partial charge in [0.2, 0.25) is 0 Å². The molecule has 0 atom stereocenters. The predicted molar refractivity (Wildman–Crippen MR) is 76.1 cm³/mol. The predicted octanol–water partition coefficient (Wildman–Crippen LogP) is 3.68. The molecule has 0 amide bonds. The van der Waals surface area contributed by atoms with Crippen molar-refractivity contribution >= 4 is 33.2 Å². The number of hydrogen-bond donors (Lipinski definition) is 0. The Kier molecular flexibility index (Phi) is 4.60. The quantitative estimate of drug-likeness (QED) is 0.788. The molecular formula is C13H13BrN2OS. The van der Waals surface area contributed by atoms with E-state index in [1.165, 1.54) is 11.5 Å². The van der Waals surface area contributed by atoms with Crippen molar-refractivity contribution in [1.82, 2.24) is 9.59 Å². The lowest BCUT2D eigenvalue weighted by molar-refractivity contribution is 0.0995. The SMILES string of the molecule is CCCc1nnsc1C(=O)Cc1cccc(Br)c1. The second kappa shape index (κ2) is 6.20. The van der Waals surface area contributed by atoms with Gasteiger partial charge in [-0.3, -0.25) is 4.79 Å². The van der Waals surface area contributed by atoms with E-state index in [4.69, 9.17) is 0 Å². The number of Topliss-reactive ketones (excluding diaryl/α,β-unsaturated/α-hetero) is 1. The number of carbonyl (C=O) groups is 1. The third kappa shape index (κ3) is 3.23. The fourth-order valence-corrected chi connectivity index (χ4v) is 2.82. The van der Waals surface area contributed by atoms with Crippen molar-refractivity contribution in [2.75, 3.05) is 0 Å². The Morgan fingerprint density at radius 2 is 2.28 bits per heavy atom. The molecule has 3 nitrogen and oxygen atoms in total. The molecule has 94 valence electrons. The van der Waals surface area contributed by atoms with Crippen molar-refractivity contribution < 1.29 is 4.79 Å². The molecule has 0 aliphatic heterocycles. The molecule has 0 radical (unpaired) electrons. The third-order valence-electron chi connectivity index (χ3n) is 2.55. The van der Waals surface area contributed by atoms with Crippen LogP contribution in [0.25, 0.3) is 0 Å². The van der Waals surface area contributed by atoms with Crippen LogP contribution in [0.5, 0.6) is 0 Å². The molecule has 0 unspecified atom stereocenters. The van der Waals surface area contributed by atoms with Crippen LogP contribution in [0.2, 0.25) is 0 Å². The molecule has 18 heavy (non-hydrogen) atoms. The van der Waals surface area contributed by atoms with Crippen LogP contribution < -0.4 is 0 Å². The summed E-state index contributed by atoms with van der Waals surface area (Å²) in [6.07, 6.45) is 2.19. The van der Waals surface area contributed by atoms with Crippen LogP contribution in [0.15, 0.2) is 28.7 Å². The van der Waals surface area contributed by atoms with E-state index >= 15 is 0 Å². The van der Waals surface area contributed by atoms with Gasteiger partial charge >= 0.3 is 0 Å². The van der Waals surface area contributed by atoms with Gasteiger partial charge in [0.25, 0.3) is 0 Å². The fraction of sp³-hybridized carbons (Fsp3) is 0.308. The molecule has 0 aliphatic rings. The van der Waals surface area contributed by atoms with E-state index in [1.807, 2.05) is 24.3 Å². The first-order valence-corrected chi connectivity index (χ1v) is 7.36. The monoisotopic (exact) mass is 324 g/mol. The maximum Gasteiger partial charge on any atom is 0.180 e. The Labute approximate surface area is 119 Å². The average molecular weight is 325 g/mol. The Bertz CT molecular complexity index is 553. The first-order valence-electron chi connectivity index (χ1n) is 5.79. The first kappa shape index (κ1) is 13.4. The molecule has 0 saturated carbocycles. The van der Waals surface area contributed by atoms with Crippen LogP contribution >= 0.6 is 27.5 Å². The van der Waals surface area contributed by atoms with Gasteiger partial charge < -0.3 is 0 Å². The average Bonchev–Trinajstić information content (AvgIpc) is 2.78. The van der Waals surface area contributed by atoms with Gasteiger partial charge in [-0.25, -0.2) is 0 Å². The summed E-state index contributed by atoms with van der Waals surface area (Å²) < 4.78 is 4.87. The Morgan fingerprint density at radius 3 is 3.00 bits per heavy atom. The lowest BCUT2D eigenvalue weighted by Gasteiger charge is -2.01. The number of hydrogen-bond acceptors (Lipinski definition) is 4. The third-order valence-corrected chi connectivity index (χ3v) is 3.85. The van der Waals surface area contributed by atoms with Crippen molar-refractivity contribution in [3.8, 4) is 0 Å². The molecule has 1 aromatic carbocycles. The minimum absolute atomic E-state index is 0.103. The summed E-state index contributed by atoms with van der Waals surface area (Å²) in [4.78, 5) is 12.9. The summed E-state index contributed by atoms with van der Waals surface area (Å²) in [5.41, 5.74) is 1.84. The Hall–Kier alpha value is -1.07. The topological polar surface area (TPSA) is 42.9 Å². The highest BCUT2D eigenvalue weighted by Crippen LogP contribution is 2.18. The van der Waals surface area contributed by atoms with Crippen molar-refractivity contribution in [3.05, 3.63) is 44.9 Å². The van der Waals surface area contributed by atoms with Crippen LogP contribution in [0, 0.1) is 0 Å². The van der Waals surface area contributed by atoms with Gasteiger partial charge in [0, 0.05) is 10.9 Å². The summed E-state index contributed by atoms with van der Waals surface area (Å²) in [6, 6.07) is 7.80. The van der Waals surface area contributed by atoms with Gasteiger partial charge in [-0.2, -0.15) is 0 Å². The van der Waals surface area contributed by atoms with E-state index < -0.39 is 0 Å². The minimum Gasteiger partial charge on any atom is -0.293 e. The minimum atomic E-state index is 0.103. The summed E-state index contributed by atoms with van der Waals surface area (Å²) in [5.74, 6) is 0.103. The van der Waals surface area contributed by atoms with Crippen LogP contribution in [0.1, 0.15) is 34.3 Å². The molecule has 1 heterocycles. The fourth-order valence-electron chi connectivity index (χ4n) is 1.73. The number of carbonyl (C=O) groups excluding carboxylic acids is 1. The van der Waals surface area contributed by atoms with Gasteiger partial charge in [-0.1, -0.05) is 45.9 Å². The van der Waals surface area contributed by atoms with Crippen molar-refractivity contribution in [2.45, 2.75) is 26.2 Å². The first-order chi connectivity index (χ1) is 8.70. The molecule has 5 heteroatoms. The van der Waals surface area contributed by atoms with Crippen LogP contribution in [0.4, 0.5) is 0 Å². The van der Waals surface area contributed by atoms with E-state index in [2.05, 4.69) is 32.4 Å². The second-order valence-corrected chi connectivity index (χ2v) is 5.70. The van der Waals surface area contributed by atoms with Gasteiger partial charge in [0.1, 0.15) is 4.88 Å². The van der Waals surface area contributed by atoms with Gasteiger partial charge in [0.05, 0.1) is 5.69 Å². The smallest absolute Gasteiger partial charge is 0.180 e. The van der Waals surface area contributed by atoms with Crippen LogP contribution in [-0.2, 0) is 12.8 Å². The second-order valence-electron chi connectivity index (χ2n) is 4.03. The summed E-state index contributed by atoms with van der Waals surface area (Å²) in [7, 11) is 0. The van der Waals surface area contributed by atoms with Crippen molar-refractivity contribution in [1.29, 1.82) is 0 Å². The van der Waals surface area contributed by atoms with Gasteiger partial charge in [-0.15, -0.1) is 5.10 Å². The molecular weight excluding hydrogens is 312 g/mol. The molecule has 2 rings (SSSR count). The molecule has 0 aliphatic carbocycles. The number of halogens is 1. The molecule has 0 saturated heterocycles. The zero-order chi connectivity index (χ0) is 13.0. The summed E-state index contributed by atoms with van der Waals surface area (Å²) in [5, 5.41) is 4.02. The Balaban J connectivity index is 2.14. The summed E-state index contributed by atoms with van der Waals surface area (Å²) in [6.45, 7) is 2.07. The van der Waals surface area contributed by atoms with Crippen molar-refractivity contribution in [2.24, 2.45) is 0 Å². The van der Waals surface area contributed by atoms with E-state index in [-0.39, 0.29) is 5.78 Å². The lowest BCUT2D eigenvalue weighted by atomic mass is 10.1. The van der Waals surface area contributed by atoms with Gasteiger partial charge in [0.15, 0.2) is 5.78 Å². The number of benzene rings is 1. The number of nitrogens with zero attached hydrogens (tertiary/aromatic N) is 2. The van der Waals surface area contributed by atoms with E-state index in [0.29, 0.717) is 11.3 Å². The highest BCUT2D eigenvalue weighted by atomic mass is 79.9. The number of aromatic nitrogens is 2. The van der Waals surface area contributed by atoms with E-state index in [0.717, 1.165) is 28.6 Å².